The first kappa shape index (κ1) is 10.7. The second-order valence-electron chi connectivity index (χ2n) is 5.44. The van der Waals surface area contributed by atoms with Crippen molar-refractivity contribution in [2.24, 2.45) is 0 Å². The molecule has 0 aromatic carbocycles. The molecule has 0 amide bonds. The Bertz CT molecular complexity index is 542. The first-order valence-corrected chi connectivity index (χ1v) is 7.76. The third kappa shape index (κ3) is 1.70. The number of aromatic amines is 1. The number of thiophene rings is 1. The molecule has 1 N–H and O–H groups in total. The number of nitrogens with zero attached hydrogens (tertiary/aromatic N) is 2. The Balaban J connectivity index is 1.63. The molecular formula is C14H17N3S. The van der Waals surface area contributed by atoms with Crippen molar-refractivity contribution in [1.82, 2.24) is 15.2 Å². The lowest BCUT2D eigenvalue weighted by atomic mass is 10.1. The minimum Gasteiger partial charge on any atom is -0.262 e. The van der Waals surface area contributed by atoms with E-state index in [0.717, 1.165) is 11.6 Å². The average molecular weight is 259 g/mol. The van der Waals surface area contributed by atoms with Crippen LogP contribution < -0.4 is 0 Å². The van der Waals surface area contributed by atoms with Crippen LogP contribution in [0.5, 0.6) is 0 Å². The van der Waals surface area contributed by atoms with E-state index >= 15 is 0 Å². The van der Waals surface area contributed by atoms with E-state index in [2.05, 4.69) is 16.3 Å². The van der Waals surface area contributed by atoms with Gasteiger partial charge in [-0.15, -0.1) is 11.3 Å². The van der Waals surface area contributed by atoms with E-state index in [9.17, 15) is 0 Å². The molecule has 0 spiro atoms. The Kier molecular flexibility index (Phi) is 2.50. The number of rotatable bonds is 2. The summed E-state index contributed by atoms with van der Waals surface area (Å²) in [4.78, 5) is 7.52. The molecule has 0 saturated heterocycles. The minimum atomic E-state index is 0.623. The van der Waals surface area contributed by atoms with Crippen molar-refractivity contribution in [1.29, 1.82) is 0 Å². The summed E-state index contributed by atoms with van der Waals surface area (Å²) in [6.07, 6.45) is 9.04. The highest BCUT2D eigenvalue weighted by molar-refractivity contribution is 7.15. The van der Waals surface area contributed by atoms with Gasteiger partial charge in [0, 0.05) is 10.8 Å². The normalized spacial score (nSPS) is 19.6. The van der Waals surface area contributed by atoms with Crippen LogP contribution in [0.1, 0.15) is 54.3 Å². The molecule has 2 aliphatic rings. The quantitative estimate of drug-likeness (QED) is 0.894. The number of nitrogens with one attached hydrogen (secondary N) is 1. The van der Waals surface area contributed by atoms with Crippen LogP contribution in [0.2, 0.25) is 0 Å². The van der Waals surface area contributed by atoms with Gasteiger partial charge in [0.15, 0.2) is 5.82 Å². The molecule has 0 aliphatic heterocycles. The number of aromatic nitrogens is 3. The molecule has 0 unspecified atom stereocenters. The molecule has 4 heteroatoms. The van der Waals surface area contributed by atoms with Crippen LogP contribution >= 0.6 is 11.3 Å². The summed E-state index contributed by atoms with van der Waals surface area (Å²) < 4.78 is 0. The monoisotopic (exact) mass is 259 g/mol. The third-order valence-corrected chi connectivity index (χ3v) is 5.44. The van der Waals surface area contributed by atoms with Gasteiger partial charge in [-0.3, -0.25) is 5.10 Å². The van der Waals surface area contributed by atoms with Crippen molar-refractivity contribution >= 4 is 11.3 Å². The fourth-order valence-corrected chi connectivity index (χ4v) is 4.39. The highest BCUT2D eigenvalue weighted by Gasteiger charge is 2.22. The van der Waals surface area contributed by atoms with Crippen molar-refractivity contribution in [3.8, 4) is 10.7 Å². The molecule has 94 valence electrons. The van der Waals surface area contributed by atoms with E-state index in [4.69, 9.17) is 4.98 Å². The van der Waals surface area contributed by atoms with Crippen molar-refractivity contribution < 1.29 is 0 Å². The number of fused-ring (bicyclic) bond motifs is 1. The van der Waals surface area contributed by atoms with Crippen LogP contribution in [0.3, 0.4) is 0 Å². The van der Waals surface area contributed by atoms with Gasteiger partial charge in [-0.25, -0.2) is 4.98 Å². The van der Waals surface area contributed by atoms with Crippen molar-refractivity contribution in [3.63, 3.8) is 0 Å². The van der Waals surface area contributed by atoms with Gasteiger partial charge in [-0.05, 0) is 43.7 Å². The van der Waals surface area contributed by atoms with Gasteiger partial charge >= 0.3 is 0 Å². The van der Waals surface area contributed by atoms with Gasteiger partial charge in [0.05, 0.1) is 4.88 Å². The van der Waals surface area contributed by atoms with E-state index in [0.29, 0.717) is 5.92 Å². The van der Waals surface area contributed by atoms with Crippen molar-refractivity contribution in [2.75, 3.05) is 0 Å². The lowest BCUT2D eigenvalue weighted by Gasteiger charge is -2.01. The molecule has 1 saturated carbocycles. The van der Waals surface area contributed by atoms with E-state index in [1.54, 1.807) is 4.88 Å². The topological polar surface area (TPSA) is 41.6 Å². The Labute approximate surface area is 111 Å². The summed E-state index contributed by atoms with van der Waals surface area (Å²) in [7, 11) is 0. The SMILES string of the molecule is c1c(-c2n[nH]c(C3CCCC3)n2)sc2c1CCC2. The van der Waals surface area contributed by atoms with Gasteiger partial charge in [0.2, 0.25) is 0 Å². The number of H-pyrrole nitrogens is 1. The van der Waals surface area contributed by atoms with Crippen LogP contribution in [-0.2, 0) is 12.8 Å². The second-order valence-corrected chi connectivity index (χ2v) is 6.58. The fraction of sp³-hybridized carbons (Fsp3) is 0.571. The molecule has 0 bridgehead atoms. The van der Waals surface area contributed by atoms with Crippen LogP contribution in [0.4, 0.5) is 0 Å². The zero-order valence-electron chi connectivity index (χ0n) is 10.4. The van der Waals surface area contributed by atoms with Gasteiger partial charge < -0.3 is 0 Å². The Morgan fingerprint density at radius 3 is 2.89 bits per heavy atom. The van der Waals surface area contributed by atoms with Crippen LogP contribution in [-0.4, -0.2) is 15.2 Å². The Hall–Kier alpha value is -1.16. The summed E-state index contributed by atoms with van der Waals surface area (Å²) in [5.74, 6) is 2.64. The molecule has 3 nitrogen and oxygen atoms in total. The maximum absolute atomic E-state index is 4.72. The van der Waals surface area contributed by atoms with Crippen LogP contribution in [0.25, 0.3) is 10.7 Å². The summed E-state index contributed by atoms with van der Waals surface area (Å²) in [5.41, 5.74) is 1.53. The molecular weight excluding hydrogens is 242 g/mol. The zero-order chi connectivity index (χ0) is 11.9. The van der Waals surface area contributed by atoms with Crippen LogP contribution in [0.15, 0.2) is 6.07 Å². The summed E-state index contributed by atoms with van der Waals surface area (Å²) in [5, 5.41) is 7.57. The largest absolute Gasteiger partial charge is 0.262 e. The van der Waals surface area contributed by atoms with Gasteiger partial charge in [-0.1, -0.05) is 12.8 Å². The van der Waals surface area contributed by atoms with Gasteiger partial charge in [-0.2, -0.15) is 5.10 Å². The zero-order valence-corrected chi connectivity index (χ0v) is 11.2. The summed E-state index contributed by atoms with van der Waals surface area (Å²) >= 11 is 1.89. The fourth-order valence-electron chi connectivity index (χ4n) is 3.21. The highest BCUT2D eigenvalue weighted by Crippen LogP contribution is 2.37. The molecule has 2 aromatic rings. The summed E-state index contributed by atoms with van der Waals surface area (Å²) in [6.45, 7) is 0. The van der Waals surface area contributed by atoms with Gasteiger partial charge in [0.25, 0.3) is 0 Å². The number of aryl methyl sites for hydroxylation is 2. The Morgan fingerprint density at radius 2 is 2.06 bits per heavy atom. The van der Waals surface area contributed by atoms with Crippen molar-refractivity contribution in [3.05, 3.63) is 22.3 Å². The molecule has 2 heterocycles. The summed E-state index contributed by atoms with van der Waals surface area (Å²) in [6, 6.07) is 2.30. The van der Waals surface area contributed by atoms with Crippen LogP contribution in [0, 0.1) is 0 Å². The predicted molar refractivity (Wildman–Crippen MR) is 72.9 cm³/mol. The van der Waals surface area contributed by atoms with E-state index in [1.165, 1.54) is 55.4 Å². The van der Waals surface area contributed by atoms with E-state index in [-0.39, 0.29) is 0 Å². The third-order valence-electron chi connectivity index (χ3n) is 4.21. The molecule has 4 rings (SSSR count). The molecule has 1 fully saturated rings. The molecule has 2 aliphatic carbocycles. The van der Waals surface area contributed by atoms with E-state index in [1.807, 2.05) is 11.3 Å². The highest BCUT2D eigenvalue weighted by atomic mass is 32.1. The average Bonchev–Trinajstić information content (AvgIpc) is 3.13. The first-order chi connectivity index (χ1) is 8.90. The Morgan fingerprint density at radius 1 is 1.17 bits per heavy atom. The maximum atomic E-state index is 4.72. The molecule has 0 radical (unpaired) electrons. The number of hydrogen-bond donors (Lipinski definition) is 1. The molecule has 0 atom stereocenters. The molecule has 18 heavy (non-hydrogen) atoms. The lowest BCUT2D eigenvalue weighted by Crippen LogP contribution is -1.94. The maximum Gasteiger partial charge on any atom is 0.191 e. The second kappa shape index (κ2) is 4.19. The smallest absolute Gasteiger partial charge is 0.191 e. The first-order valence-electron chi connectivity index (χ1n) is 6.94. The lowest BCUT2D eigenvalue weighted by molar-refractivity contribution is 0.672. The van der Waals surface area contributed by atoms with Gasteiger partial charge in [0.1, 0.15) is 5.82 Å². The van der Waals surface area contributed by atoms with E-state index < -0.39 is 0 Å². The minimum absolute atomic E-state index is 0.623. The number of hydrogen-bond acceptors (Lipinski definition) is 3. The molecule has 2 aromatic heterocycles. The standard InChI is InChI=1S/C14H17N3S/c1-2-5-9(4-1)13-15-14(17-16-13)12-8-10-6-3-7-11(10)18-12/h8-9H,1-7H2,(H,15,16,17). The van der Waals surface area contributed by atoms with Crippen molar-refractivity contribution in [2.45, 2.75) is 50.9 Å². The predicted octanol–water partition coefficient (Wildman–Crippen LogP) is 3.68.